The van der Waals surface area contributed by atoms with Gasteiger partial charge in [0.15, 0.2) is 0 Å². The van der Waals surface area contributed by atoms with Gasteiger partial charge in [0.1, 0.15) is 17.7 Å². The second-order valence-corrected chi connectivity index (χ2v) is 17.6. The number of hydrogen-bond donors (Lipinski definition) is 2. The quantitative estimate of drug-likeness (QED) is 0.170. The predicted molar refractivity (Wildman–Crippen MR) is 217 cm³/mol. The largest absolute Gasteiger partial charge is 0.342 e. The van der Waals surface area contributed by atoms with Crippen LogP contribution in [0.15, 0.2) is 48.7 Å². The Kier molecular flexibility index (Phi) is 10.1. The lowest BCUT2D eigenvalue weighted by Gasteiger charge is -2.42. The van der Waals surface area contributed by atoms with Gasteiger partial charge in [0.05, 0.1) is 35.4 Å². The van der Waals surface area contributed by atoms with Gasteiger partial charge >= 0.3 is 0 Å². The summed E-state index contributed by atoms with van der Waals surface area (Å²) in [5.41, 5.74) is 5.48. The lowest BCUT2D eigenvalue weighted by Crippen LogP contribution is -2.54. The number of piperidine rings is 2. The molecule has 4 aromatic rings. The van der Waals surface area contributed by atoms with E-state index in [1.807, 2.05) is 11.0 Å². The molecule has 12 nitrogen and oxygen atoms in total. The van der Waals surface area contributed by atoms with E-state index < -0.39 is 66.4 Å². The Morgan fingerprint density at radius 1 is 0.903 bits per heavy atom. The Morgan fingerprint density at radius 3 is 2.23 bits per heavy atom. The molecule has 62 heavy (non-hydrogen) atoms. The van der Waals surface area contributed by atoms with Gasteiger partial charge < -0.3 is 4.90 Å². The highest BCUT2D eigenvalue weighted by Gasteiger charge is 2.46. The molecule has 0 spiro atoms. The minimum Gasteiger partial charge on any atom is -0.342 e. The molecule has 0 saturated carbocycles. The molecule has 0 radical (unpaired) electrons. The molecule has 5 aliphatic heterocycles. The van der Waals surface area contributed by atoms with E-state index in [1.165, 1.54) is 17.0 Å². The molecule has 2 N–H and O–H groups in total. The maximum absolute atomic E-state index is 16.3. The summed E-state index contributed by atoms with van der Waals surface area (Å²) in [6.45, 7) is 3.50. The van der Waals surface area contributed by atoms with Crippen LogP contribution in [0.25, 0.3) is 16.5 Å². The SMILES string of the molecule is C[C@@H]1Cc2c(ccc3[nH]ncc23)[C@@H](c2c(F)cc(C3=CCC(C(=O)N4CCC(N5Cc6cc7c(cc6C5)C(=O)N(C5CCC(=O)NC5=O)C7=O)CC4)CC3)cc2F)N1CC(F)F. The monoisotopic (exact) mass is 851 g/mol. The molecule has 16 heteroatoms. The molecule has 1 aliphatic carbocycles. The van der Waals surface area contributed by atoms with Gasteiger partial charge in [-0.15, -0.1) is 0 Å². The standard InChI is InChI=1S/C46H45F4N7O5/c1-23-14-31-30(6-7-37-34(31)19-51-53-37)42(56(23)22-39(49)50)41-35(47)17-26(18-36(41)48)24-2-4-25(5-3-24)44(60)54-12-10-29(11-13-54)55-20-27-15-32-33(16-28(27)21-55)46(62)57(45(32)61)38-8-9-40(58)52-43(38)59/h2,6-7,15-19,23,25,29,38-39,42H,3-5,8-14,20-22H2,1H3,(H,51,53)(H,52,58,59)/t23-,25?,38?,42+/m1/s1. The van der Waals surface area contributed by atoms with Crippen LogP contribution in [0.5, 0.6) is 0 Å². The second kappa shape index (κ2) is 15.6. The van der Waals surface area contributed by atoms with Crippen LogP contribution in [0.2, 0.25) is 0 Å². The molecular formula is C46H45F4N7O5. The number of aromatic nitrogens is 2. The number of nitrogens with one attached hydrogen (secondary N) is 2. The van der Waals surface area contributed by atoms with E-state index in [-0.39, 0.29) is 47.4 Å². The third-order valence-electron chi connectivity index (χ3n) is 14.1. The van der Waals surface area contributed by atoms with Crippen LogP contribution in [0, 0.1) is 17.6 Å². The number of benzene rings is 3. The highest BCUT2D eigenvalue weighted by atomic mass is 19.3. The Hall–Kier alpha value is -5.74. The van der Waals surface area contributed by atoms with E-state index >= 15 is 8.78 Å². The van der Waals surface area contributed by atoms with Gasteiger partial charge in [-0.3, -0.25) is 49.1 Å². The van der Waals surface area contributed by atoms with Gasteiger partial charge in [0.25, 0.3) is 18.2 Å². The van der Waals surface area contributed by atoms with Crippen molar-refractivity contribution < 1.29 is 41.5 Å². The summed E-state index contributed by atoms with van der Waals surface area (Å²) in [6.07, 6.45) is 4.36. The van der Waals surface area contributed by atoms with Gasteiger partial charge in [-0.05, 0) is 116 Å². The fourth-order valence-electron chi connectivity index (χ4n) is 10.9. The first kappa shape index (κ1) is 40.3. The van der Waals surface area contributed by atoms with Crippen molar-refractivity contribution in [3.05, 3.63) is 105 Å². The summed E-state index contributed by atoms with van der Waals surface area (Å²) < 4.78 is 60.4. The topological polar surface area (TPSA) is 139 Å². The lowest BCUT2D eigenvalue weighted by molar-refractivity contribution is -0.138. The number of alkyl halides is 2. The molecule has 322 valence electrons. The van der Waals surface area contributed by atoms with Crippen molar-refractivity contribution in [2.24, 2.45) is 5.92 Å². The molecule has 6 aliphatic rings. The maximum atomic E-state index is 16.3. The van der Waals surface area contributed by atoms with Crippen molar-refractivity contribution >= 4 is 46.0 Å². The summed E-state index contributed by atoms with van der Waals surface area (Å²) in [6, 6.07) is 7.33. The molecule has 5 amide bonds. The molecule has 2 saturated heterocycles. The molecular weight excluding hydrogens is 807 g/mol. The number of H-pyrrole nitrogens is 1. The van der Waals surface area contributed by atoms with Crippen LogP contribution >= 0.6 is 0 Å². The van der Waals surface area contributed by atoms with Crippen molar-refractivity contribution in [2.75, 3.05) is 19.6 Å². The fraction of sp³-hybridized carbons (Fsp3) is 0.435. The molecule has 10 rings (SSSR count). The highest BCUT2D eigenvalue weighted by Crippen LogP contribution is 2.44. The Morgan fingerprint density at radius 2 is 1.60 bits per heavy atom. The Labute approximate surface area is 354 Å². The molecule has 2 fully saturated rings. The van der Waals surface area contributed by atoms with Crippen molar-refractivity contribution in [1.82, 2.24) is 35.1 Å². The molecule has 3 aromatic carbocycles. The average molecular weight is 852 g/mol. The fourth-order valence-corrected chi connectivity index (χ4v) is 10.9. The van der Waals surface area contributed by atoms with Crippen molar-refractivity contribution in [3.8, 4) is 0 Å². The number of nitrogens with zero attached hydrogens (tertiary/aromatic N) is 5. The Bertz CT molecular complexity index is 2530. The lowest BCUT2D eigenvalue weighted by atomic mass is 9.82. The molecule has 2 unspecified atom stereocenters. The summed E-state index contributed by atoms with van der Waals surface area (Å²) in [5, 5.41) is 10.1. The van der Waals surface area contributed by atoms with E-state index in [4.69, 9.17) is 0 Å². The summed E-state index contributed by atoms with van der Waals surface area (Å²) >= 11 is 0. The molecule has 4 atom stereocenters. The Balaban J connectivity index is 0.776. The van der Waals surface area contributed by atoms with Crippen molar-refractivity contribution in [3.63, 3.8) is 0 Å². The van der Waals surface area contributed by atoms with E-state index in [0.717, 1.165) is 50.9 Å². The van der Waals surface area contributed by atoms with E-state index in [9.17, 15) is 32.8 Å². The first-order valence-corrected chi connectivity index (χ1v) is 21.4. The molecule has 1 aromatic heterocycles. The van der Waals surface area contributed by atoms with Crippen molar-refractivity contribution in [2.45, 2.75) is 102 Å². The zero-order chi connectivity index (χ0) is 43.1. The first-order chi connectivity index (χ1) is 29.8. The van der Waals surface area contributed by atoms with Gasteiger partial charge in [-0.1, -0.05) is 12.1 Å². The third-order valence-corrected chi connectivity index (χ3v) is 14.1. The number of carbonyl (C=O) groups is 5. The zero-order valence-corrected chi connectivity index (χ0v) is 34.1. The van der Waals surface area contributed by atoms with E-state index in [1.54, 1.807) is 37.4 Å². The number of halogens is 4. The number of hydrogen-bond acceptors (Lipinski definition) is 8. The van der Waals surface area contributed by atoms with Gasteiger partial charge in [-0.25, -0.2) is 17.6 Å². The number of rotatable bonds is 7. The number of imide groups is 2. The van der Waals surface area contributed by atoms with Crippen LogP contribution in [-0.2, 0) is 33.9 Å². The predicted octanol–water partition coefficient (Wildman–Crippen LogP) is 6.03. The van der Waals surface area contributed by atoms with Gasteiger partial charge in [0.2, 0.25) is 17.7 Å². The van der Waals surface area contributed by atoms with Crippen LogP contribution in [0.1, 0.15) is 112 Å². The number of likely N-dealkylation sites (tertiary alicyclic amines) is 1. The van der Waals surface area contributed by atoms with E-state index in [0.29, 0.717) is 63.0 Å². The van der Waals surface area contributed by atoms with E-state index in [2.05, 4.69) is 20.4 Å². The van der Waals surface area contributed by atoms with Gasteiger partial charge in [0, 0.05) is 61.6 Å². The number of fused-ring (bicyclic) bond motifs is 5. The van der Waals surface area contributed by atoms with Crippen LogP contribution in [0.3, 0.4) is 0 Å². The second-order valence-electron chi connectivity index (χ2n) is 17.6. The number of aromatic amines is 1. The number of allylic oxidation sites excluding steroid dienone is 2. The minimum atomic E-state index is -2.70. The van der Waals surface area contributed by atoms with Crippen molar-refractivity contribution in [1.29, 1.82) is 0 Å². The van der Waals surface area contributed by atoms with Crippen LogP contribution in [-0.4, -0.2) is 104 Å². The normalized spacial score (nSPS) is 24.8. The first-order valence-electron chi connectivity index (χ1n) is 21.4. The zero-order valence-electron chi connectivity index (χ0n) is 34.1. The maximum Gasteiger partial charge on any atom is 0.262 e. The average Bonchev–Trinajstić information content (AvgIpc) is 3.97. The third kappa shape index (κ3) is 6.82. The van der Waals surface area contributed by atoms with Gasteiger partial charge in [-0.2, -0.15) is 5.10 Å². The van der Waals surface area contributed by atoms with Crippen LogP contribution < -0.4 is 5.32 Å². The molecule has 0 bridgehead atoms. The molecule has 6 heterocycles. The summed E-state index contributed by atoms with van der Waals surface area (Å²) in [5.74, 6) is -3.93. The summed E-state index contributed by atoms with van der Waals surface area (Å²) in [7, 11) is 0. The highest BCUT2D eigenvalue weighted by molar-refractivity contribution is 6.23. The van der Waals surface area contributed by atoms with Crippen LogP contribution in [0.4, 0.5) is 17.6 Å². The minimum absolute atomic E-state index is 0.0566. The summed E-state index contributed by atoms with van der Waals surface area (Å²) in [4.78, 5) is 71.3. The number of amides is 5. The number of carbonyl (C=O) groups excluding carboxylic acids is 5. The smallest absolute Gasteiger partial charge is 0.262 e.